The minimum atomic E-state index is -1.93. The van der Waals surface area contributed by atoms with Crippen LogP contribution < -0.4 is 75.4 Å². The van der Waals surface area contributed by atoms with E-state index >= 15 is 0 Å². The number of hydroxylamine groups is 1. The lowest BCUT2D eigenvalue weighted by atomic mass is 10.1. The predicted molar refractivity (Wildman–Crippen MR) is 338 cm³/mol. The Kier molecular flexibility index (Phi) is 32.9. The van der Waals surface area contributed by atoms with Gasteiger partial charge in [-0.1, -0.05) is 76.9 Å². The molecule has 4 rings (SSSR count). The van der Waals surface area contributed by atoms with Crippen LogP contribution >= 0.6 is 64.8 Å². The van der Waals surface area contributed by atoms with Crippen LogP contribution in [0.15, 0.2) is 24.3 Å². The van der Waals surface area contributed by atoms with E-state index in [-0.39, 0.29) is 49.5 Å². The highest BCUT2D eigenvalue weighted by Crippen LogP contribution is 2.27. The first kappa shape index (κ1) is 78.0. The fourth-order valence-corrected chi connectivity index (χ4v) is 15.6. The van der Waals surface area contributed by atoms with Crippen molar-refractivity contribution < 1.29 is 102 Å². The molecule has 1 aromatic carbocycles. The van der Waals surface area contributed by atoms with E-state index in [4.69, 9.17) is 11.5 Å². The third-order valence-corrected chi connectivity index (χ3v) is 20.9. The first-order valence-corrected chi connectivity index (χ1v) is 35.6. The van der Waals surface area contributed by atoms with Gasteiger partial charge in [-0.3, -0.25) is 77.1 Å². The Morgan fingerprint density at radius 2 is 1.27 bits per heavy atom. The number of aliphatic carboxylic acids is 2. The van der Waals surface area contributed by atoms with Gasteiger partial charge in [0.15, 0.2) is 0 Å². The number of hydrogen-bond acceptors (Lipinski definition) is 26. The number of aliphatic hydroxyl groups is 1. The van der Waals surface area contributed by atoms with Gasteiger partial charge in [0.25, 0.3) is 5.91 Å². The van der Waals surface area contributed by atoms with Crippen LogP contribution in [0.1, 0.15) is 51.5 Å². The Morgan fingerprint density at radius 1 is 0.699 bits per heavy atom. The summed E-state index contributed by atoms with van der Waals surface area (Å²) in [6, 6.07) is -14.3. The third-order valence-electron chi connectivity index (χ3n) is 13.6. The monoisotopic (exact) mass is 1420 g/mol. The summed E-state index contributed by atoms with van der Waals surface area (Å²) in [5, 5.41) is 75.4. The number of rotatable bonds is 16. The quantitative estimate of drug-likeness (QED) is 0.0316. The molecule has 42 heteroatoms. The lowest BCUT2D eigenvalue weighted by molar-refractivity contribution is -0.143. The Labute approximate surface area is 553 Å². The van der Waals surface area contributed by atoms with Gasteiger partial charge in [-0.05, 0) is 50.8 Å². The number of hydrogen-bond donors (Lipinski definition) is 19. The van der Waals surface area contributed by atoms with E-state index in [1.165, 1.54) is 36.7 Å². The molecule has 0 aliphatic carbocycles. The second kappa shape index (κ2) is 39.3. The van der Waals surface area contributed by atoms with Gasteiger partial charge >= 0.3 is 11.9 Å². The van der Waals surface area contributed by atoms with Gasteiger partial charge in [0, 0.05) is 53.9 Å². The van der Waals surface area contributed by atoms with Crippen molar-refractivity contribution in [1.82, 2.24) is 68.9 Å². The molecular formula is C51H73N15O21S6. The van der Waals surface area contributed by atoms with Crippen molar-refractivity contribution in [3.8, 4) is 5.75 Å². The Bertz CT molecular complexity index is 2910. The normalized spacial score (nSPS) is 26.2. The maximum atomic E-state index is 14.4. The molecule has 36 nitrogen and oxygen atoms in total. The van der Waals surface area contributed by atoms with Crippen molar-refractivity contribution in [2.24, 2.45) is 11.5 Å². The second-order valence-corrected chi connectivity index (χ2v) is 28.4. The van der Waals surface area contributed by atoms with Gasteiger partial charge < -0.3 is 95.3 Å². The Morgan fingerprint density at radius 3 is 1.85 bits per heavy atom. The fraction of sp³-hybridized carbons (Fsp3) is 0.569. The third kappa shape index (κ3) is 26.1. The maximum Gasteiger partial charge on any atom is 0.326 e. The summed E-state index contributed by atoms with van der Waals surface area (Å²) in [5.41, 5.74) is 13.5. The van der Waals surface area contributed by atoms with Crippen LogP contribution in [0.3, 0.4) is 0 Å². The van der Waals surface area contributed by atoms with Gasteiger partial charge in [0.2, 0.25) is 77.3 Å². The zero-order valence-corrected chi connectivity index (χ0v) is 54.5. The summed E-state index contributed by atoms with van der Waals surface area (Å²) in [5.74, 6) is -19.7. The molecular weight excluding hydrogens is 1350 g/mol. The molecule has 3 heterocycles. The first-order valence-electron chi connectivity index (χ1n) is 28.2. The van der Waals surface area contributed by atoms with Crippen molar-refractivity contribution in [3.05, 3.63) is 29.8 Å². The van der Waals surface area contributed by atoms with Gasteiger partial charge in [0.05, 0.1) is 25.1 Å². The summed E-state index contributed by atoms with van der Waals surface area (Å²) >= 11 is 0. The molecule has 0 spiro atoms. The van der Waals surface area contributed by atoms with Gasteiger partial charge in [-0.2, -0.15) is 0 Å². The molecule has 0 saturated carbocycles. The molecule has 1 aromatic rings. The number of phenols is 1. The number of carbonyl (C=O) groups excluding carboxylic acids is 14. The van der Waals surface area contributed by atoms with Crippen LogP contribution in [-0.2, 0) is 83.1 Å². The Balaban J connectivity index is 1.86. The van der Waals surface area contributed by atoms with Crippen LogP contribution in [0.25, 0.3) is 0 Å². The number of carboxylic acids is 2. The van der Waals surface area contributed by atoms with Crippen LogP contribution in [0.5, 0.6) is 5.75 Å². The van der Waals surface area contributed by atoms with Crippen LogP contribution in [0, 0.1) is 0 Å². The Hall–Kier alpha value is -7.48. The van der Waals surface area contributed by atoms with E-state index in [1.807, 2.05) is 0 Å². The van der Waals surface area contributed by atoms with E-state index in [0.717, 1.165) is 76.6 Å². The van der Waals surface area contributed by atoms with Crippen molar-refractivity contribution in [3.63, 3.8) is 0 Å². The smallest absolute Gasteiger partial charge is 0.326 e. The summed E-state index contributed by atoms with van der Waals surface area (Å²) < 4.78 is 0. The number of phenolic OH excluding ortho intramolecular Hbond substituents is 1. The van der Waals surface area contributed by atoms with Crippen molar-refractivity contribution in [2.45, 2.75) is 131 Å². The molecule has 13 atom stereocenters. The summed E-state index contributed by atoms with van der Waals surface area (Å²) in [6.45, 7) is 1.18. The molecule has 514 valence electrons. The standard InChI is InChI=1S/C51H73N15O21S6/c1-22-40(74)61-34-20-93-92-18-32(44(78)58-27(47(81)65-87)9-10-38(72)73)62-41(75)26(52)15-88-90-19-33(45(79)59-28(13-36(53)70)50(84)66-11-3-4-35(66)48(82)56-22)63-42(76)30(55-21-67)16-89-91-17-31(57-37(71)14-54-49(83)39(23(2)68)64-46(34)80)43(77)60-29(51(85)86)12-24-5-7-25(69)8-6-24/h5-8,21-23,26-35,39,68-69,87H,3-4,9-20,52H2,1-2H3,(H2,53,70)(H,54,83)(H,55,67)(H,56,82)(H,57,71)(H,58,78)(H,59,79)(H,60,77)(H,61,74)(H,62,75)(H,63,76)(H,64,80)(H,65,81)(H,72,73)(H,85,86)/t22-,23+,26-,27-,28-,29+,30-,31-,32-,33-,34-,35-,39?/m0/s1. The number of fused-ring (bicyclic) bond motifs is 9. The van der Waals surface area contributed by atoms with E-state index in [9.17, 15) is 102 Å². The number of amides is 14. The number of carbonyl (C=O) groups is 16. The highest BCUT2D eigenvalue weighted by molar-refractivity contribution is 8.77. The number of aliphatic hydroxyl groups excluding tert-OH is 1. The number of aromatic hydroxyl groups is 1. The minimum Gasteiger partial charge on any atom is -0.508 e. The zero-order chi connectivity index (χ0) is 69.1. The highest BCUT2D eigenvalue weighted by Gasteiger charge is 2.41. The van der Waals surface area contributed by atoms with E-state index in [2.05, 4.69) is 58.5 Å². The predicted octanol–water partition coefficient (Wildman–Crippen LogP) is -7.25. The largest absolute Gasteiger partial charge is 0.508 e. The van der Waals surface area contributed by atoms with E-state index in [1.54, 1.807) is 0 Å². The minimum absolute atomic E-state index is 0.00226. The molecule has 14 amide bonds. The van der Waals surface area contributed by atoms with Gasteiger partial charge in [-0.15, -0.1) is 0 Å². The van der Waals surface area contributed by atoms with E-state index in [0.29, 0.717) is 5.56 Å². The molecule has 0 radical (unpaired) electrons. The average Bonchev–Trinajstić information content (AvgIpc) is 1.82. The maximum absolute atomic E-state index is 14.4. The van der Waals surface area contributed by atoms with E-state index < -0.39 is 216 Å². The first-order chi connectivity index (χ1) is 44.0. The lowest BCUT2D eigenvalue weighted by Gasteiger charge is -2.30. The molecule has 21 N–H and O–H groups in total. The van der Waals surface area contributed by atoms with Crippen molar-refractivity contribution >= 4 is 160 Å². The average molecular weight is 1420 g/mol. The van der Waals surface area contributed by atoms with Crippen LogP contribution in [-0.4, -0.2) is 252 Å². The molecule has 3 aliphatic heterocycles. The summed E-state index contributed by atoms with van der Waals surface area (Å²) in [4.78, 5) is 217. The lowest BCUT2D eigenvalue weighted by Crippen LogP contribution is -2.61. The molecule has 1 unspecified atom stereocenters. The number of primary amides is 1. The molecule has 93 heavy (non-hydrogen) atoms. The van der Waals surface area contributed by atoms with Gasteiger partial charge in [0.1, 0.15) is 72.2 Å². The van der Waals surface area contributed by atoms with Crippen molar-refractivity contribution in [1.29, 1.82) is 0 Å². The van der Waals surface area contributed by atoms with Crippen LogP contribution in [0.4, 0.5) is 0 Å². The summed E-state index contributed by atoms with van der Waals surface area (Å²) in [7, 11) is 4.83. The zero-order valence-electron chi connectivity index (χ0n) is 49.6. The molecule has 3 fully saturated rings. The summed E-state index contributed by atoms with van der Waals surface area (Å²) in [6.07, 6.45) is -3.83. The van der Waals surface area contributed by atoms with Gasteiger partial charge in [-0.25, -0.2) is 10.3 Å². The number of nitrogens with zero attached hydrogens (tertiary/aromatic N) is 1. The second-order valence-electron chi connectivity index (χ2n) is 20.8. The molecule has 2 bridgehead atoms. The number of benzene rings is 1. The number of nitrogens with two attached hydrogens (primary N) is 2. The highest BCUT2D eigenvalue weighted by atomic mass is 33.1. The number of carboxylic acid groups (broad SMARTS) is 2. The molecule has 0 aromatic heterocycles. The topological polar surface area (TPSA) is 574 Å². The molecule has 3 saturated heterocycles. The molecule has 3 aliphatic rings. The fourth-order valence-electron chi connectivity index (χ4n) is 8.60. The SMILES string of the molecule is C[C@@H]1NC(=O)[C@@H]2CCCN2C(=O)[C@H](CC(N)=O)NC(=O)[C@@H]2CSSC[C@H](N)C(=O)N[C@H](C(=O)N[C@@H](CCC(=O)O)C(=O)NO)CSSC[C@H](NC1=O)C(=O)NC([C@@H](C)O)C(=O)NCC(=O)N[C@H](C(=O)N[C@H](Cc1ccc(O)cc1)C(=O)O)CSSC[C@H](NC=O)C(=O)N2. The van der Waals surface area contributed by atoms with Crippen LogP contribution in [0.2, 0.25) is 0 Å². The number of nitrogens with one attached hydrogen (secondary N) is 12. The van der Waals surface area contributed by atoms with Crippen molar-refractivity contribution in [2.75, 3.05) is 47.6 Å².